The lowest BCUT2D eigenvalue weighted by atomic mass is 9.85. The number of hydrogen-bond acceptors (Lipinski definition) is 11. The molecule has 1 aromatic heterocycles. The highest BCUT2D eigenvalue weighted by molar-refractivity contribution is 6.36. The van der Waals surface area contributed by atoms with Gasteiger partial charge in [-0.15, -0.1) is 6.58 Å². The molecule has 3 aliphatic carbocycles. The first-order chi connectivity index (χ1) is 28.1. The fourth-order valence-electron chi connectivity index (χ4n) is 8.83. The zero-order valence-electron chi connectivity index (χ0n) is 35.0. The van der Waals surface area contributed by atoms with Crippen LogP contribution in [0.25, 0.3) is 17.0 Å². The quantitative estimate of drug-likeness (QED) is 0.182. The molecule has 0 bridgehead atoms. The number of nitrogens with zero attached hydrogens (tertiary/aromatic N) is 3. The molecular formula is C44H58ClN5O9. The number of halogens is 1. The number of alkyl carbamates (subject to hydrolysis) is 1. The molecule has 0 spiro atoms. The van der Waals surface area contributed by atoms with Gasteiger partial charge in [-0.1, -0.05) is 44.0 Å². The Morgan fingerprint density at radius 2 is 1.80 bits per heavy atom. The van der Waals surface area contributed by atoms with E-state index in [-0.39, 0.29) is 25.0 Å². The van der Waals surface area contributed by atoms with E-state index in [1.54, 1.807) is 12.1 Å². The summed E-state index contributed by atoms with van der Waals surface area (Å²) in [4.78, 5) is 64.0. The molecule has 1 unspecified atom stereocenters. The average Bonchev–Trinajstić information content (AvgIpc) is 4.00. The predicted octanol–water partition coefficient (Wildman–Crippen LogP) is 5.54. The van der Waals surface area contributed by atoms with Gasteiger partial charge in [0.15, 0.2) is 0 Å². The Morgan fingerprint density at radius 3 is 2.44 bits per heavy atom. The van der Waals surface area contributed by atoms with E-state index in [1.807, 2.05) is 52.8 Å². The summed E-state index contributed by atoms with van der Waals surface area (Å²) < 4.78 is 29.2. The fraction of sp³-hybridized carbons (Fsp3) is 0.614. The number of carbonyl (C=O) groups excluding carboxylic acids is 4. The topological polar surface area (TPSA) is 158 Å². The monoisotopic (exact) mass is 835 g/mol. The van der Waals surface area contributed by atoms with Crippen LogP contribution < -0.4 is 20.1 Å². The largest absolute Gasteiger partial charge is 0.491 e. The molecule has 5 aliphatic rings. The number of esters is 1. The Balaban J connectivity index is 1.16. The molecule has 2 N–H and O–H groups in total. The van der Waals surface area contributed by atoms with Crippen LogP contribution in [0.3, 0.4) is 0 Å². The molecule has 2 aromatic rings. The molecule has 15 heteroatoms. The summed E-state index contributed by atoms with van der Waals surface area (Å²) in [5.41, 5.74) is 0.0609. The van der Waals surface area contributed by atoms with Crippen LogP contribution in [0.15, 0.2) is 36.4 Å². The van der Waals surface area contributed by atoms with Crippen LogP contribution in [0.4, 0.5) is 4.79 Å². The molecule has 59 heavy (non-hydrogen) atoms. The number of pyridine rings is 1. The number of rotatable bonds is 14. The van der Waals surface area contributed by atoms with Gasteiger partial charge in [0.25, 0.3) is 0 Å². The third kappa shape index (κ3) is 9.49. The van der Waals surface area contributed by atoms with E-state index in [9.17, 15) is 19.2 Å². The summed E-state index contributed by atoms with van der Waals surface area (Å²) in [6.07, 6.45) is 5.28. The maximum absolute atomic E-state index is 14.7. The van der Waals surface area contributed by atoms with E-state index >= 15 is 0 Å². The zero-order chi connectivity index (χ0) is 42.2. The molecular weight excluding hydrogens is 778 g/mol. The maximum atomic E-state index is 14.7. The Bertz CT molecular complexity index is 1980. The summed E-state index contributed by atoms with van der Waals surface area (Å²) in [6.45, 7) is 17.6. The number of ether oxygens (including phenoxy) is 5. The Morgan fingerprint density at radius 1 is 1.07 bits per heavy atom. The standard InChI is InChI=1S/C44H58ClN5O9/c1-8-28-23-44(28,41(53)55-7)48-39(51)33-22-31(24-50(33)40(52)38(43(4,5)6)47-42(54)59-30-19-26-18-27(26)20-30)58-35-21-29(17-25(2)3)46-37-32(35)9-10-34(36(37)45)57-16-13-49-11-14-56-15-12-49/h8-10,17,21,26-28,30-31,33,38H,1,11-16,18-20,22-24H2,2-7H3,(H,47,54)(H,48,51)/t26-,27+,28-,30?,31-,33+,38-,44-/m1/s1. The third-order valence-electron chi connectivity index (χ3n) is 12.3. The van der Waals surface area contributed by atoms with Gasteiger partial charge in [-0.05, 0) is 75.0 Å². The maximum Gasteiger partial charge on any atom is 0.408 e. The minimum atomic E-state index is -1.28. The first kappa shape index (κ1) is 42.7. The van der Waals surface area contributed by atoms with Gasteiger partial charge < -0.3 is 39.2 Å². The third-order valence-corrected chi connectivity index (χ3v) is 12.6. The van der Waals surface area contributed by atoms with Crippen molar-refractivity contribution < 1.29 is 42.9 Å². The molecule has 5 fully saturated rings. The average molecular weight is 836 g/mol. The number of hydrogen-bond donors (Lipinski definition) is 2. The molecule has 3 heterocycles. The number of fused-ring (bicyclic) bond motifs is 2. The molecule has 1 aromatic carbocycles. The Kier molecular flexibility index (Phi) is 12.5. The number of morpholine rings is 1. The summed E-state index contributed by atoms with van der Waals surface area (Å²) in [7, 11) is 1.27. The summed E-state index contributed by atoms with van der Waals surface area (Å²) in [6, 6.07) is 3.37. The molecule has 14 nitrogen and oxygen atoms in total. The van der Waals surface area contributed by atoms with Gasteiger partial charge in [0.1, 0.15) is 53.0 Å². The molecule has 3 amide bonds. The van der Waals surface area contributed by atoms with Crippen molar-refractivity contribution in [1.29, 1.82) is 0 Å². The first-order valence-corrected chi connectivity index (χ1v) is 21.2. The number of aromatic nitrogens is 1. The number of nitrogens with one attached hydrogen (secondary N) is 2. The highest BCUT2D eigenvalue weighted by Gasteiger charge is 2.62. The fourth-order valence-corrected chi connectivity index (χ4v) is 9.09. The highest BCUT2D eigenvalue weighted by Crippen LogP contribution is 2.52. The normalized spacial score (nSPS) is 27.9. The Labute approximate surface area is 351 Å². The van der Waals surface area contributed by atoms with Crippen LogP contribution in [0.2, 0.25) is 5.02 Å². The SMILES string of the molecule is C=C[C@@H]1C[C@]1(NC(=O)[C@@H]1C[C@@H](Oc2cc(C=C(C)C)nc3c(Cl)c(OCCN4CCOCC4)ccc23)CN1C(=O)[C@@H](NC(=O)OC1C[C@@H]2C[C@@H]2C1)C(C)(C)C)C(=O)OC. The summed E-state index contributed by atoms with van der Waals surface area (Å²) in [5.74, 6) is 0.269. The molecule has 320 valence electrons. The van der Waals surface area contributed by atoms with Crippen LogP contribution in [0.1, 0.15) is 72.4 Å². The number of carbonyl (C=O) groups is 4. The van der Waals surface area contributed by atoms with Crippen molar-refractivity contribution >= 4 is 52.5 Å². The summed E-state index contributed by atoms with van der Waals surface area (Å²) in [5, 5.41) is 6.73. The van der Waals surface area contributed by atoms with Crippen LogP contribution >= 0.6 is 11.6 Å². The van der Waals surface area contributed by atoms with Gasteiger partial charge in [0.05, 0.1) is 38.1 Å². The Hall–Kier alpha value is -4.40. The molecule has 7 rings (SSSR count). The van der Waals surface area contributed by atoms with Gasteiger partial charge >= 0.3 is 12.1 Å². The van der Waals surface area contributed by atoms with Crippen molar-refractivity contribution in [3.05, 3.63) is 47.1 Å². The lowest BCUT2D eigenvalue weighted by molar-refractivity contribution is -0.148. The number of likely N-dealkylation sites (tertiary alicyclic amines) is 1. The number of methoxy groups -OCH3 is 1. The lowest BCUT2D eigenvalue weighted by Gasteiger charge is -2.35. The van der Waals surface area contributed by atoms with Crippen molar-refractivity contribution in [3.63, 3.8) is 0 Å². The smallest absolute Gasteiger partial charge is 0.408 e. The van der Waals surface area contributed by atoms with Gasteiger partial charge in [0, 0.05) is 43.4 Å². The van der Waals surface area contributed by atoms with Crippen molar-refractivity contribution in [2.75, 3.05) is 53.1 Å². The van der Waals surface area contributed by atoms with Crippen LogP contribution in [0, 0.1) is 23.2 Å². The van der Waals surface area contributed by atoms with E-state index in [0.29, 0.717) is 71.2 Å². The van der Waals surface area contributed by atoms with Crippen LogP contribution in [-0.4, -0.2) is 122 Å². The second-order valence-corrected chi connectivity index (χ2v) is 18.4. The van der Waals surface area contributed by atoms with E-state index < -0.39 is 53.0 Å². The van der Waals surface area contributed by atoms with Crippen molar-refractivity contribution in [2.24, 2.45) is 23.2 Å². The van der Waals surface area contributed by atoms with Crippen molar-refractivity contribution in [1.82, 2.24) is 25.4 Å². The molecule has 2 aliphatic heterocycles. The van der Waals surface area contributed by atoms with E-state index in [4.69, 9.17) is 40.3 Å². The van der Waals surface area contributed by atoms with Gasteiger partial charge in [0.2, 0.25) is 11.8 Å². The number of amides is 3. The zero-order valence-corrected chi connectivity index (χ0v) is 35.8. The number of allylic oxidation sites excluding steroid dienone is 1. The molecule has 3 saturated carbocycles. The van der Waals surface area contributed by atoms with Crippen molar-refractivity contribution in [2.45, 2.75) is 96.6 Å². The second kappa shape index (κ2) is 17.3. The first-order valence-electron chi connectivity index (χ1n) is 20.8. The van der Waals surface area contributed by atoms with Crippen LogP contribution in [0.5, 0.6) is 11.5 Å². The predicted molar refractivity (Wildman–Crippen MR) is 222 cm³/mol. The highest BCUT2D eigenvalue weighted by atomic mass is 35.5. The summed E-state index contributed by atoms with van der Waals surface area (Å²) >= 11 is 7.01. The molecule has 2 saturated heterocycles. The minimum Gasteiger partial charge on any atom is -0.491 e. The van der Waals surface area contributed by atoms with Gasteiger partial charge in [-0.25, -0.2) is 14.6 Å². The molecule has 8 atom stereocenters. The van der Waals surface area contributed by atoms with E-state index in [0.717, 1.165) is 38.0 Å². The van der Waals surface area contributed by atoms with E-state index in [2.05, 4.69) is 22.1 Å². The van der Waals surface area contributed by atoms with Gasteiger partial charge in [-0.3, -0.25) is 14.5 Å². The second-order valence-electron chi connectivity index (χ2n) is 18.0. The van der Waals surface area contributed by atoms with Gasteiger partial charge in [-0.2, -0.15) is 0 Å². The minimum absolute atomic E-state index is 0.0145. The van der Waals surface area contributed by atoms with Crippen LogP contribution in [-0.2, 0) is 28.6 Å². The van der Waals surface area contributed by atoms with E-state index in [1.165, 1.54) is 18.4 Å². The molecule has 0 radical (unpaired) electrons. The lowest BCUT2D eigenvalue weighted by Crippen LogP contribution is -2.59. The number of benzene rings is 1. The van der Waals surface area contributed by atoms with Crippen molar-refractivity contribution in [3.8, 4) is 11.5 Å².